The van der Waals surface area contributed by atoms with E-state index >= 15 is 0 Å². The highest BCUT2D eigenvalue weighted by Crippen LogP contribution is 2.39. The Kier molecular flexibility index (Phi) is 7.03. The van der Waals surface area contributed by atoms with Gasteiger partial charge in [0.15, 0.2) is 23.0 Å². The molecule has 6 heteroatoms. The average molecular weight is 448 g/mol. The molecule has 1 unspecified atom stereocenters. The topological polar surface area (TPSA) is 57.2 Å². The molecule has 0 spiro atoms. The molecule has 4 rings (SSSR count). The number of nitrogens with zero attached hydrogens (tertiary/aromatic N) is 1. The molecule has 33 heavy (non-hydrogen) atoms. The molecule has 1 aliphatic rings. The fraction of sp³-hybridized carbons (Fsp3) is 0.296. The van der Waals surface area contributed by atoms with Gasteiger partial charge in [0.2, 0.25) is 5.91 Å². The van der Waals surface area contributed by atoms with Crippen molar-refractivity contribution in [3.8, 4) is 23.0 Å². The van der Waals surface area contributed by atoms with E-state index in [2.05, 4.69) is 0 Å². The second-order valence-corrected chi connectivity index (χ2v) is 7.88. The summed E-state index contributed by atoms with van der Waals surface area (Å²) in [6.07, 6.45) is 1.08. The molecule has 0 aliphatic carbocycles. The van der Waals surface area contributed by atoms with Gasteiger partial charge >= 0.3 is 0 Å². The van der Waals surface area contributed by atoms with Gasteiger partial charge in [-0.05, 0) is 47.4 Å². The summed E-state index contributed by atoms with van der Waals surface area (Å²) in [7, 11) is 4.86. The summed E-state index contributed by atoms with van der Waals surface area (Å²) < 4.78 is 22.7. The van der Waals surface area contributed by atoms with Crippen LogP contribution in [0.25, 0.3) is 0 Å². The second-order valence-electron chi connectivity index (χ2n) is 7.88. The lowest BCUT2D eigenvalue weighted by Crippen LogP contribution is -2.43. The molecule has 0 saturated heterocycles. The van der Waals surface area contributed by atoms with Crippen molar-refractivity contribution >= 4 is 5.91 Å². The molecule has 3 aromatic rings. The molecule has 0 N–H and O–H groups in total. The lowest BCUT2D eigenvalue weighted by atomic mass is 9.91. The molecule has 0 bridgehead atoms. The third kappa shape index (κ3) is 4.90. The third-order valence-corrected chi connectivity index (χ3v) is 5.99. The van der Waals surface area contributed by atoms with Crippen molar-refractivity contribution in [1.29, 1.82) is 0 Å². The third-order valence-electron chi connectivity index (χ3n) is 5.99. The summed E-state index contributed by atoms with van der Waals surface area (Å²) in [6, 6.07) is 21.0. The monoisotopic (exact) mass is 447 g/mol. The van der Waals surface area contributed by atoms with Crippen molar-refractivity contribution in [1.82, 2.24) is 4.90 Å². The number of methoxy groups -OCH3 is 3. The van der Waals surface area contributed by atoms with Gasteiger partial charge in [-0.3, -0.25) is 4.79 Å². The minimum absolute atomic E-state index is 0.0651. The molecule has 172 valence electrons. The Balaban J connectivity index is 1.66. The predicted molar refractivity (Wildman–Crippen MR) is 126 cm³/mol. The first-order valence-electron chi connectivity index (χ1n) is 11.0. The van der Waals surface area contributed by atoms with E-state index < -0.39 is 0 Å². The van der Waals surface area contributed by atoms with Crippen molar-refractivity contribution in [2.45, 2.75) is 18.9 Å². The molecule has 1 aliphatic heterocycles. The summed E-state index contributed by atoms with van der Waals surface area (Å²) in [5.41, 5.74) is 3.13. The minimum atomic E-state index is -0.269. The fourth-order valence-corrected chi connectivity index (χ4v) is 4.29. The van der Waals surface area contributed by atoms with E-state index in [1.54, 1.807) is 21.3 Å². The number of fused-ring (bicyclic) bond motifs is 1. The SMILES string of the molecule is COc1cc2c(cc1OC)C(COc1ccccc1OC)N(C(=O)Cc1ccccc1)CC2. The number of hydrogen-bond acceptors (Lipinski definition) is 5. The molecule has 0 aromatic heterocycles. The van der Waals surface area contributed by atoms with Gasteiger partial charge < -0.3 is 23.8 Å². The van der Waals surface area contributed by atoms with Crippen LogP contribution in [0.15, 0.2) is 66.7 Å². The summed E-state index contributed by atoms with van der Waals surface area (Å²) in [5.74, 6) is 2.68. The Morgan fingerprint density at radius 3 is 2.18 bits per heavy atom. The van der Waals surface area contributed by atoms with Gasteiger partial charge in [0, 0.05) is 6.54 Å². The summed E-state index contributed by atoms with van der Waals surface area (Å²) in [4.78, 5) is 15.3. The second kappa shape index (κ2) is 10.3. The predicted octanol–water partition coefficient (Wildman–Crippen LogP) is 4.46. The van der Waals surface area contributed by atoms with E-state index in [4.69, 9.17) is 18.9 Å². The zero-order valence-corrected chi connectivity index (χ0v) is 19.2. The van der Waals surface area contributed by atoms with E-state index in [0.717, 1.165) is 23.1 Å². The van der Waals surface area contributed by atoms with E-state index in [-0.39, 0.29) is 11.9 Å². The highest BCUT2D eigenvalue weighted by molar-refractivity contribution is 5.80. The largest absolute Gasteiger partial charge is 0.493 e. The van der Waals surface area contributed by atoms with Crippen LogP contribution in [0.5, 0.6) is 23.0 Å². The van der Waals surface area contributed by atoms with Gasteiger partial charge in [0.1, 0.15) is 6.61 Å². The van der Waals surface area contributed by atoms with Crippen LogP contribution >= 0.6 is 0 Å². The van der Waals surface area contributed by atoms with E-state index in [1.807, 2.05) is 71.6 Å². The van der Waals surface area contributed by atoms with Crippen molar-refractivity contribution in [2.24, 2.45) is 0 Å². The van der Waals surface area contributed by atoms with Gasteiger partial charge in [-0.15, -0.1) is 0 Å². The Hall–Kier alpha value is -3.67. The Bertz CT molecular complexity index is 1100. The maximum absolute atomic E-state index is 13.4. The van der Waals surface area contributed by atoms with Crippen LogP contribution in [0, 0.1) is 0 Å². The molecule has 0 radical (unpaired) electrons. The molecular weight excluding hydrogens is 418 g/mol. The minimum Gasteiger partial charge on any atom is -0.493 e. The summed E-state index contributed by atoms with van der Waals surface area (Å²) >= 11 is 0. The van der Waals surface area contributed by atoms with E-state index in [0.29, 0.717) is 42.6 Å². The van der Waals surface area contributed by atoms with Crippen LogP contribution in [0.3, 0.4) is 0 Å². The smallest absolute Gasteiger partial charge is 0.227 e. The van der Waals surface area contributed by atoms with Crippen molar-refractivity contribution in [3.63, 3.8) is 0 Å². The van der Waals surface area contributed by atoms with Crippen LogP contribution in [0.4, 0.5) is 0 Å². The zero-order chi connectivity index (χ0) is 23.2. The number of hydrogen-bond donors (Lipinski definition) is 0. The van der Waals surface area contributed by atoms with Crippen LogP contribution in [0.1, 0.15) is 22.7 Å². The van der Waals surface area contributed by atoms with E-state index in [1.165, 1.54) is 0 Å². The van der Waals surface area contributed by atoms with Crippen LogP contribution in [-0.4, -0.2) is 45.3 Å². The number of benzene rings is 3. The first kappa shape index (κ1) is 22.5. The maximum Gasteiger partial charge on any atom is 0.227 e. The Labute approximate surface area is 194 Å². The number of carbonyl (C=O) groups is 1. The van der Waals surface area contributed by atoms with Gasteiger partial charge in [0.25, 0.3) is 0 Å². The summed E-state index contributed by atoms with van der Waals surface area (Å²) in [5, 5.41) is 0. The van der Waals surface area contributed by atoms with Crippen molar-refractivity contribution in [2.75, 3.05) is 34.5 Å². The van der Waals surface area contributed by atoms with E-state index in [9.17, 15) is 4.79 Å². The molecule has 3 aromatic carbocycles. The lowest BCUT2D eigenvalue weighted by molar-refractivity contribution is -0.134. The number of para-hydroxylation sites is 2. The molecule has 1 atom stereocenters. The molecule has 1 heterocycles. The number of rotatable bonds is 8. The van der Waals surface area contributed by atoms with Crippen LogP contribution in [0.2, 0.25) is 0 Å². The standard InChI is InChI=1S/C27H29NO5/c1-30-23-11-7-8-12-24(23)33-18-22-21-17-26(32-3)25(31-2)16-20(21)13-14-28(22)27(29)15-19-9-5-4-6-10-19/h4-12,16-17,22H,13-15,18H2,1-3H3. The lowest BCUT2D eigenvalue weighted by Gasteiger charge is -2.38. The van der Waals surface area contributed by atoms with Crippen LogP contribution in [-0.2, 0) is 17.6 Å². The van der Waals surface area contributed by atoms with Gasteiger partial charge in [-0.1, -0.05) is 42.5 Å². The van der Waals surface area contributed by atoms with Gasteiger partial charge in [-0.25, -0.2) is 0 Å². The Morgan fingerprint density at radius 1 is 0.848 bits per heavy atom. The fourth-order valence-electron chi connectivity index (χ4n) is 4.29. The quantitative estimate of drug-likeness (QED) is 0.510. The van der Waals surface area contributed by atoms with Crippen molar-refractivity contribution in [3.05, 3.63) is 83.4 Å². The van der Waals surface area contributed by atoms with Gasteiger partial charge in [-0.2, -0.15) is 0 Å². The highest BCUT2D eigenvalue weighted by atomic mass is 16.5. The number of carbonyl (C=O) groups excluding carboxylic acids is 1. The van der Waals surface area contributed by atoms with Crippen molar-refractivity contribution < 1.29 is 23.7 Å². The first-order chi connectivity index (χ1) is 16.1. The average Bonchev–Trinajstić information content (AvgIpc) is 2.86. The summed E-state index contributed by atoms with van der Waals surface area (Å²) in [6.45, 7) is 0.900. The van der Waals surface area contributed by atoms with Gasteiger partial charge in [0.05, 0.1) is 33.8 Å². The van der Waals surface area contributed by atoms with Crippen LogP contribution < -0.4 is 18.9 Å². The number of amides is 1. The first-order valence-corrected chi connectivity index (χ1v) is 11.0. The molecular formula is C27H29NO5. The Morgan fingerprint density at radius 2 is 1.48 bits per heavy atom. The highest BCUT2D eigenvalue weighted by Gasteiger charge is 2.33. The maximum atomic E-state index is 13.4. The molecule has 6 nitrogen and oxygen atoms in total. The molecule has 1 amide bonds. The number of ether oxygens (including phenoxy) is 4. The zero-order valence-electron chi connectivity index (χ0n) is 19.2. The molecule has 0 saturated carbocycles. The normalized spacial score (nSPS) is 14.9. The molecule has 0 fully saturated rings.